The number of nitro groups is 1. The number of hydrogen-bond acceptors (Lipinski definition) is 7. The monoisotopic (exact) mass is 418 g/mol. The molecule has 158 valence electrons. The Morgan fingerprint density at radius 3 is 2.71 bits per heavy atom. The summed E-state index contributed by atoms with van der Waals surface area (Å²) in [5.41, 5.74) is 4.04. The van der Waals surface area contributed by atoms with Gasteiger partial charge in [0.1, 0.15) is 12.4 Å². The van der Waals surface area contributed by atoms with E-state index in [1.165, 1.54) is 6.07 Å². The Balaban J connectivity index is 1.49. The quantitative estimate of drug-likeness (QED) is 0.440. The van der Waals surface area contributed by atoms with Crippen LogP contribution in [-0.4, -0.2) is 44.0 Å². The third-order valence-electron chi connectivity index (χ3n) is 5.17. The first kappa shape index (κ1) is 20.3. The summed E-state index contributed by atoms with van der Waals surface area (Å²) < 4.78 is 6.00. The number of nitrogens with zero attached hydrogens (tertiary/aromatic N) is 5. The van der Waals surface area contributed by atoms with Crippen molar-refractivity contribution in [2.75, 3.05) is 13.6 Å². The predicted octanol–water partition coefficient (Wildman–Crippen LogP) is 3.53. The molecule has 4 rings (SSSR count). The highest BCUT2D eigenvalue weighted by Gasteiger charge is 2.17. The lowest BCUT2D eigenvalue weighted by molar-refractivity contribution is -0.384. The molecule has 0 fully saturated rings. The molecule has 1 aliphatic heterocycles. The molecule has 2 aromatic carbocycles. The molecule has 9 nitrogen and oxygen atoms in total. The van der Waals surface area contributed by atoms with Gasteiger partial charge in [-0.2, -0.15) is 0 Å². The first-order valence-electron chi connectivity index (χ1n) is 9.89. The van der Waals surface area contributed by atoms with Crippen LogP contribution >= 0.6 is 0 Å². The van der Waals surface area contributed by atoms with Gasteiger partial charge >= 0.3 is 0 Å². The summed E-state index contributed by atoms with van der Waals surface area (Å²) in [6.07, 6.45) is 5.37. The molecule has 0 bridgehead atoms. The number of benzene rings is 2. The van der Waals surface area contributed by atoms with Crippen LogP contribution in [0.5, 0.6) is 5.75 Å². The molecular formula is C22H22N6O3. The number of rotatable bonds is 8. The zero-order chi connectivity index (χ0) is 21.6. The molecule has 0 saturated carbocycles. The number of tetrazole rings is 1. The van der Waals surface area contributed by atoms with Crippen molar-refractivity contribution in [1.29, 1.82) is 0 Å². The number of hydrogen-bond donors (Lipinski definition) is 1. The van der Waals surface area contributed by atoms with Gasteiger partial charge in [-0.3, -0.25) is 10.1 Å². The first-order chi connectivity index (χ1) is 15.1. The smallest absolute Gasteiger partial charge is 0.269 e. The van der Waals surface area contributed by atoms with Gasteiger partial charge in [-0.1, -0.05) is 36.4 Å². The van der Waals surface area contributed by atoms with Crippen LogP contribution in [0.1, 0.15) is 23.4 Å². The van der Waals surface area contributed by atoms with Crippen LogP contribution in [-0.2, 0) is 13.0 Å². The Morgan fingerprint density at radius 1 is 1.16 bits per heavy atom. The average Bonchev–Trinajstić information content (AvgIpc) is 3.33. The highest BCUT2D eigenvalue weighted by atomic mass is 16.6. The molecule has 9 heteroatoms. The van der Waals surface area contributed by atoms with E-state index in [-0.39, 0.29) is 10.6 Å². The van der Waals surface area contributed by atoms with Crippen molar-refractivity contribution in [2.45, 2.75) is 19.4 Å². The average molecular weight is 418 g/mol. The Hall–Kier alpha value is -4.01. The summed E-state index contributed by atoms with van der Waals surface area (Å²) in [5, 5.41) is 25.2. The highest BCUT2D eigenvalue weighted by molar-refractivity contribution is 5.64. The Bertz CT molecular complexity index is 1110. The number of aryl methyl sites for hydroxylation is 1. The normalized spacial score (nSPS) is 13.5. The predicted molar refractivity (Wildman–Crippen MR) is 115 cm³/mol. The van der Waals surface area contributed by atoms with Crippen LogP contribution in [0.25, 0.3) is 5.57 Å². The fourth-order valence-corrected chi connectivity index (χ4v) is 3.47. The van der Waals surface area contributed by atoms with Crippen LogP contribution in [0.4, 0.5) is 5.69 Å². The van der Waals surface area contributed by atoms with Crippen molar-refractivity contribution < 1.29 is 9.66 Å². The lowest BCUT2D eigenvalue weighted by Crippen LogP contribution is -2.23. The minimum Gasteiger partial charge on any atom is -0.489 e. The number of ether oxygens (including phenoxy) is 1. The summed E-state index contributed by atoms with van der Waals surface area (Å²) in [4.78, 5) is 13.0. The minimum absolute atomic E-state index is 0.0630. The van der Waals surface area contributed by atoms with E-state index < -0.39 is 0 Å². The van der Waals surface area contributed by atoms with E-state index in [1.807, 2.05) is 49.5 Å². The molecule has 0 aliphatic carbocycles. The summed E-state index contributed by atoms with van der Waals surface area (Å²) in [7, 11) is 2.00. The van der Waals surface area contributed by atoms with Gasteiger partial charge in [0.15, 0.2) is 5.82 Å². The van der Waals surface area contributed by atoms with Gasteiger partial charge < -0.3 is 9.64 Å². The van der Waals surface area contributed by atoms with Crippen LogP contribution in [0.2, 0.25) is 0 Å². The Kier molecular flexibility index (Phi) is 6.02. The van der Waals surface area contributed by atoms with E-state index in [2.05, 4.69) is 25.5 Å². The second-order valence-corrected chi connectivity index (χ2v) is 7.28. The number of likely N-dealkylation sites (N-methyl/N-ethyl adjacent to an activating group) is 1. The largest absolute Gasteiger partial charge is 0.489 e. The van der Waals surface area contributed by atoms with Crippen LogP contribution in [0.3, 0.4) is 0 Å². The van der Waals surface area contributed by atoms with E-state index >= 15 is 0 Å². The molecule has 1 aliphatic rings. The second-order valence-electron chi connectivity index (χ2n) is 7.28. The topological polar surface area (TPSA) is 110 Å². The number of aromatic amines is 1. The Morgan fingerprint density at radius 2 is 2.00 bits per heavy atom. The van der Waals surface area contributed by atoms with Crippen LogP contribution in [0.15, 0.2) is 66.4 Å². The third-order valence-corrected chi connectivity index (χ3v) is 5.17. The van der Waals surface area contributed by atoms with Gasteiger partial charge in [-0.15, -0.1) is 5.10 Å². The lowest BCUT2D eigenvalue weighted by atomic mass is 10.0. The van der Waals surface area contributed by atoms with Crippen molar-refractivity contribution in [3.8, 4) is 5.75 Å². The van der Waals surface area contributed by atoms with Crippen molar-refractivity contribution in [2.24, 2.45) is 0 Å². The Labute approximate surface area is 179 Å². The maximum atomic E-state index is 11.3. The van der Waals surface area contributed by atoms with Gasteiger partial charge in [-0.05, 0) is 41.0 Å². The molecule has 0 unspecified atom stereocenters. The number of allylic oxidation sites excluding steroid dienone is 3. The molecule has 1 aromatic heterocycles. The number of non-ortho nitro benzene ring substituents is 1. The maximum Gasteiger partial charge on any atom is 0.269 e. The molecular weight excluding hydrogens is 396 g/mol. The molecule has 0 radical (unpaired) electrons. The van der Waals surface area contributed by atoms with E-state index in [4.69, 9.17) is 4.74 Å². The molecule has 2 heterocycles. The van der Waals surface area contributed by atoms with Crippen LogP contribution < -0.4 is 4.74 Å². The number of H-pyrrole nitrogens is 1. The standard InChI is InChI=1S/C22H22N6O3/c1-27-14-18(22-23-25-26-24-22)8-10-19(27)9-7-17-13-20(28(29)30)11-12-21(17)31-15-16-5-3-2-4-6-16/h2-6,8,10-13H,7,9,14-15H2,1H3,(H,23,24,25,26). The van der Waals surface area contributed by atoms with Crippen molar-refractivity contribution >= 4 is 11.3 Å². The van der Waals surface area contributed by atoms with Gasteiger partial charge in [0.2, 0.25) is 0 Å². The SMILES string of the molecule is CN1CC(c2nnn[nH]2)=CC=C1CCc1cc([N+](=O)[O-])ccc1OCc1ccccc1. The van der Waals surface area contributed by atoms with Gasteiger partial charge in [0, 0.05) is 42.6 Å². The third kappa shape index (κ3) is 4.95. The summed E-state index contributed by atoms with van der Waals surface area (Å²) >= 11 is 0. The van der Waals surface area contributed by atoms with Crippen molar-refractivity contribution in [3.05, 3.63) is 93.4 Å². The zero-order valence-corrected chi connectivity index (χ0v) is 17.1. The second kappa shape index (κ2) is 9.21. The highest BCUT2D eigenvalue weighted by Crippen LogP contribution is 2.29. The molecule has 0 amide bonds. The number of aromatic nitrogens is 4. The molecule has 0 spiro atoms. The van der Waals surface area contributed by atoms with Crippen LogP contribution in [0, 0.1) is 10.1 Å². The maximum absolute atomic E-state index is 11.3. The zero-order valence-electron chi connectivity index (χ0n) is 17.1. The molecule has 0 saturated heterocycles. The molecule has 3 aromatic rings. The molecule has 31 heavy (non-hydrogen) atoms. The summed E-state index contributed by atoms with van der Waals surface area (Å²) in [6, 6.07) is 14.6. The van der Waals surface area contributed by atoms with E-state index in [1.54, 1.807) is 12.1 Å². The lowest BCUT2D eigenvalue weighted by Gasteiger charge is -2.26. The van der Waals surface area contributed by atoms with E-state index in [0.717, 1.165) is 28.8 Å². The molecule has 1 N–H and O–H groups in total. The minimum atomic E-state index is -0.378. The number of nitrogens with one attached hydrogen (secondary N) is 1. The van der Waals surface area contributed by atoms with Gasteiger partial charge in [-0.25, -0.2) is 5.10 Å². The van der Waals surface area contributed by atoms with E-state index in [0.29, 0.717) is 31.1 Å². The van der Waals surface area contributed by atoms with Crippen molar-refractivity contribution in [3.63, 3.8) is 0 Å². The summed E-state index contributed by atoms with van der Waals surface area (Å²) in [5.74, 6) is 1.31. The van der Waals surface area contributed by atoms with E-state index in [9.17, 15) is 10.1 Å². The fourth-order valence-electron chi connectivity index (χ4n) is 3.47. The number of nitro benzene ring substituents is 1. The van der Waals surface area contributed by atoms with Gasteiger partial charge in [0.05, 0.1) is 4.92 Å². The van der Waals surface area contributed by atoms with Gasteiger partial charge in [0.25, 0.3) is 5.69 Å². The first-order valence-corrected chi connectivity index (χ1v) is 9.89. The summed E-state index contributed by atoms with van der Waals surface area (Å²) in [6.45, 7) is 1.08. The fraction of sp³-hybridized carbons (Fsp3) is 0.227. The van der Waals surface area contributed by atoms with Crippen molar-refractivity contribution in [1.82, 2.24) is 25.5 Å². The molecule has 0 atom stereocenters.